The SMILES string of the molecule is COCCOn1ccc2ccccc21. The summed E-state index contributed by atoms with van der Waals surface area (Å²) in [5, 5.41) is 1.19. The Morgan fingerprint density at radius 1 is 1.14 bits per heavy atom. The predicted molar refractivity (Wildman–Crippen MR) is 55.3 cm³/mol. The molecule has 0 atom stereocenters. The molecule has 0 N–H and O–H groups in total. The smallest absolute Gasteiger partial charge is 0.138 e. The van der Waals surface area contributed by atoms with E-state index in [1.165, 1.54) is 5.39 Å². The van der Waals surface area contributed by atoms with Gasteiger partial charge < -0.3 is 9.57 Å². The van der Waals surface area contributed by atoms with Gasteiger partial charge in [-0.25, -0.2) is 0 Å². The molecule has 0 aliphatic heterocycles. The Bertz CT molecular complexity index is 408. The molecule has 1 aromatic heterocycles. The molecule has 0 radical (unpaired) electrons. The van der Waals surface area contributed by atoms with Gasteiger partial charge in [-0.05, 0) is 12.1 Å². The molecule has 0 saturated heterocycles. The lowest BCUT2D eigenvalue weighted by atomic mass is 10.3. The van der Waals surface area contributed by atoms with Crippen molar-refractivity contribution in [1.82, 2.24) is 4.73 Å². The summed E-state index contributed by atoms with van der Waals surface area (Å²) < 4.78 is 6.69. The second-order valence-electron chi connectivity index (χ2n) is 3.03. The number of methoxy groups -OCH3 is 1. The van der Waals surface area contributed by atoms with Gasteiger partial charge in [0.15, 0.2) is 0 Å². The lowest BCUT2D eigenvalue weighted by Gasteiger charge is -2.06. The van der Waals surface area contributed by atoms with E-state index in [4.69, 9.17) is 9.57 Å². The van der Waals surface area contributed by atoms with E-state index < -0.39 is 0 Å². The quantitative estimate of drug-likeness (QED) is 0.687. The van der Waals surface area contributed by atoms with Crippen LogP contribution in [0.25, 0.3) is 10.9 Å². The summed E-state index contributed by atoms with van der Waals surface area (Å²) in [6.07, 6.45) is 1.92. The minimum Gasteiger partial charge on any atom is -0.411 e. The van der Waals surface area contributed by atoms with Crippen molar-refractivity contribution in [3.63, 3.8) is 0 Å². The number of aromatic nitrogens is 1. The fraction of sp³-hybridized carbons (Fsp3) is 0.273. The minimum absolute atomic E-state index is 0.565. The van der Waals surface area contributed by atoms with Crippen molar-refractivity contribution in [1.29, 1.82) is 0 Å². The normalized spacial score (nSPS) is 10.6. The highest BCUT2D eigenvalue weighted by atomic mass is 16.7. The third-order valence-corrected chi connectivity index (χ3v) is 2.08. The largest absolute Gasteiger partial charge is 0.411 e. The molecule has 0 fully saturated rings. The maximum Gasteiger partial charge on any atom is 0.138 e. The zero-order chi connectivity index (χ0) is 9.80. The molecule has 2 rings (SSSR count). The van der Waals surface area contributed by atoms with Gasteiger partial charge in [-0.15, -0.1) is 0 Å². The summed E-state index contributed by atoms with van der Waals surface area (Å²) in [6.45, 7) is 1.17. The lowest BCUT2D eigenvalue weighted by Crippen LogP contribution is -2.14. The monoisotopic (exact) mass is 191 g/mol. The van der Waals surface area contributed by atoms with Crippen LogP contribution in [0.15, 0.2) is 36.5 Å². The van der Waals surface area contributed by atoms with Crippen molar-refractivity contribution in [2.75, 3.05) is 20.3 Å². The minimum atomic E-state index is 0.565. The van der Waals surface area contributed by atoms with E-state index in [0.29, 0.717) is 13.2 Å². The molecule has 74 valence electrons. The van der Waals surface area contributed by atoms with Crippen LogP contribution in [-0.4, -0.2) is 25.1 Å². The molecular formula is C11H13NO2. The second-order valence-corrected chi connectivity index (χ2v) is 3.03. The van der Waals surface area contributed by atoms with Crippen LogP contribution in [0.3, 0.4) is 0 Å². The first-order chi connectivity index (χ1) is 6.92. The van der Waals surface area contributed by atoms with Crippen LogP contribution in [0.2, 0.25) is 0 Å². The first-order valence-corrected chi connectivity index (χ1v) is 4.60. The molecule has 2 aromatic rings. The Hall–Kier alpha value is -1.48. The summed E-state index contributed by atoms with van der Waals surface area (Å²) in [6, 6.07) is 10.1. The maximum atomic E-state index is 5.49. The lowest BCUT2D eigenvalue weighted by molar-refractivity contribution is 0.0639. The Morgan fingerprint density at radius 3 is 2.86 bits per heavy atom. The van der Waals surface area contributed by atoms with Gasteiger partial charge in [0.1, 0.15) is 6.61 Å². The first-order valence-electron chi connectivity index (χ1n) is 4.60. The van der Waals surface area contributed by atoms with Crippen molar-refractivity contribution in [3.05, 3.63) is 36.5 Å². The van der Waals surface area contributed by atoms with Crippen molar-refractivity contribution in [2.24, 2.45) is 0 Å². The predicted octanol–water partition coefficient (Wildman–Crippen LogP) is 1.72. The van der Waals surface area contributed by atoms with Crippen molar-refractivity contribution in [2.45, 2.75) is 0 Å². The highest BCUT2D eigenvalue weighted by Crippen LogP contribution is 2.13. The topological polar surface area (TPSA) is 23.4 Å². The summed E-state index contributed by atoms with van der Waals surface area (Å²) in [5.74, 6) is 0. The zero-order valence-corrected chi connectivity index (χ0v) is 8.14. The second kappa shape index (κ2) is 4.15. The first kappa shape index (κ1) is 9.09. The average Bonchev–Trinajstić information content (AvgIpc) is 2.63. The Morgan fingerprint density at radius 2 is 2.00 bits per heavy atom. The molecule has 14 heavy (non-hydrogen) atoms. The number of hydrogen-bond donors (Lipinski definition) is 0. The third kappa shape index (κ3) is 1.72. The molecule has 0 bridgehead atoms. The van der Waals surface area contributed by atoms with Crippen LogP contribution in [0.4, 0.5) is 0 Å². The van der Waals surface area contributed by atoms with Crippen molar-refractivity contribution in [3.8, 4) is 0 Å². The van der Waals surface area contributed by atoms with Gasteiger partial charge in [0, 0.05) is 18.7 Å². The number of benzene rings is 1. The fourth-order valence-corrected chi connectivity index (χ4v) is 1.39. The van der Waals surface area contributed by atoms with Gasteiger partial charge in [0.25, 0.3) is 0 Å². The van der Waals surface area contributed by atoms with E-state index >= 15 is 0 Å². The standard InChI is InChI=1S/C11H13NO2/c1-13-8-9-14-12-7-6-10-4-2-3-5-11(10)12/h2-7H,8-9H2,1H3. The van der Waals surface area contributed by atoms with E-state index in [1.54, 1.807) is 11.8 Å². The van der Waals surface area contributed by atoms with Crippen LogP contribution in [0.5, 0.6) is 0 Å². The number of rotatable bonds is 4. The third-order valence-electron chi connectivity index (χ3n) is 2.08. The van der Waals surface area contributed by atoms with E-state index in [1.807, 2.05) is 30.5 Å². The van der Waals surface area contributed by atoms with Gasteiger partial charge in [0.05, 0.1) is 12.1 Å². The van der Waals surface area contributed by atoms with Crippen LogP contribution < -0.4 is 4.84 Å². The molecule has 3 nitrogen and oxygen atoms in total. The average molecular weight is 191 g/mol. The van der Waals surface area contributed by atoms with Crippen LogP contribution >= 0.6 is 0 Å². The maximum absolute atomic E-state index is 5.49. The van der Waals surface area contributed by atoms with Gasteiger partial charge in [-0.2, -0.15) is 4.73 Å². The van der Waals surface area contributed by atoms with Crippen LogP contribution in [0.1, 0.15) is 0 Å². The van der Waals surface area contributed by atoms with Gasteiger partial charge in [-0.1, -0.05) is 18.2 Å². The molecule has 0 saturated carbocycles. The zero-order valence-electron chi connectivity index (χ0n) is 8.14. The molecule has 1 heterocycles. The number of hydrogen-bond acceptors (Lipinski definition) is 2. The summed E-state index contributed by atoms with van der Waals surface area (Å²) in [4.78, 5) is 5.49. The summed E-state index contributed by atoms with van der Waals surface area (Å²) in [5.41, 5.74) is 1.09. The van der Waals surface area contributed by atoms with E-state index in [9.17, 15) is 0 Å². The molecule has 1 aromatic carbocycles. The molecule has 0 unspecified atom stereocenters. The molecular weight excluding hydrogens is 178 g/mol. The Labute approximate surface area is 82.8 Å². The van der Waals surface area contributed by atoms with E-state index in [0.717, 1.165) is 5.52 Å². The summed E-state index contributed by atoms with van der Waals surface area (Å²) >= 11 is 0. The van der Waals surface area contributed by atoms with Crippen LogP contribution in [-0.2, 0) is 4.74 Å². The summed E-state index contributed by atoms with van der Waals surface area (Å²) in [7, 11) is 1.66. The molecule has 0 aliphatic rings. The highest BCUT2D eigenvalue weighted by Gasteiger charge is 1.98. The van der Waals surface area contributed by atoms with E-state index in [-0.39, 0.29) is 0 Å². The molecule has 0 amide bonds. The molecule has 0 aliphatic carbocycles. The molecule has 0 spiro atoms. The van der Waals surface area contributed by atoms with Crippen molar-refractivity contribution < 1.29 is 9.57 Å². The number of fused-ring (bicyclic) bond motifs is 1. The Kier molecular flexibility index (Phi) is 2.70. The number of para-hydroxylation sites is 1. The highest BCUT2D eigenvalue weighted by molar-refractivity contribution is 5.79. The van der Waals surface area contributed by atoms with Crippen molar-refractivity contribution >= 4 is 10.9 Å². The van der Waals surface area contributed by atoms with Gasteiger partial charge in [0.2, 0.25) is 0 Å². The van der Waals surface area contributed by atoms with Gasteiger partial charge in [-0.3, -0.25) is 0 Å². The Balaban J connectivity index is 2.17. The number of ether oxygens (including phenoxy) is 1. The van der Waals surface area contributed by atoms with E-state index in [2.05, 4.69) is 6.07 Å². The fourth-order valence-electron chi connectivity index (χ4n) is 1.39. The van der Waals surface area contributed by atoms with Gasteiger partial charge >= 0.3 is 0 Å². The van der Waals surface area contributed by atoms with Crippen LogP contribution in [0, 0.1) is 0 Å². The molecule has 3 heteroatoms. The number of nitrogens with zero attached hydrogens (tertiary/aromatic N) is 1.